The van der Waals surface area contributed by atoms with Crippen LogP contribution in [0.25, 0.3) is 22.2 Å². The van der Waals surface area contributed by atoms with Gasteiger partial charge in [-0.2, -0.15) is 0 Å². The number of anilines is 1. The Morgan fingerprint density at radius 1 is 1.32 bits per heavy atom. The van der Waals surface area contributed by atoms with E-state index in [1.807, 2.05) is 0 Å². The summed E-state index contributed by atoms with van der Waals surface area (Å²) in [5.74, 6) is -0.597. The van der Waals surface area contributed by atoms with E-state index in [2.05, 4.69) is 10.3 Å². The highest BCUT2D eigenvalue weighted by atomic mass is 35.5. The molecular formula is C21H16ClN3O5S. The minimum Gasteiger partial charge on any atom is -0.464 e. The molecule has 0 aliphatic carbocycles. The summed E-state index contributed by atoms with van der Waals surface area (Å²) >= 11 is 7.13. The van der Waals surface area contributed by atoms with Gasteiger partial charge in [-0.05, 0) is 37.3 Å². The molecule has 3 aromatic heterocycles. The van der Waals surface area contributed by atoms with E-state index in [9.17, 15) is 14.4 Å². The summed E-state index contributed by atoms with van der Waals surface area (Å²) in [5.41, 5.74) is 0.807. The van der Waals surface area contributed by atoms with E-state index in [0.717, 1.165) is 11.3 Å². The van der Waals surface area contributed by atoms with E-state index in [1.54, 1.807) is 36.6 Å². The van der Waals surface area contributed by atoms with Gasteiger partial charge in [0.2, 0.25) is 5.91 Å². The van der Waals surface area contributed by atoms with Crippen LogP contribution in [0.15, 0.2) is 57.5 Å². The van der Waals surface area contributed by atoms with Crippen LogP contribution in [-0.2, 0) is 16.1 Å². The first kappa shape index (κ1) is 20.8. The maximum absolute atomic E-state index is 12.7. The molecule has 0 saturated heterocycles. The standard InChI is InChI=1S/C21H16ClN3O5S/c1-2-29-21(28)18-14(16-4-3-7-30-16)10-31-19(18)24-17(26)9-25-11-23-15-6-5-12(22)8-13(15)20(25)27/h3-8,10-11H,2,9H2,1H3,(H,24,26). The highest BCUT2D eigenvalue weighted by Gasteiger charge is 2.24. The van der Waals surface area contributed by atoms with Crippen LogP contribution in [0.5, 0.6) is 0 Å². The van der Waals surface area contributed by atoms with E-state index in [1.165, 1.54) is 23.2 Å². The summed E-state index contributed by atoms with van der Waals surface area (Å²) in [6.07, 6.45) is 2.79. The maximum atomic E-state index is 12.7. The second-order valence-electron chi connectivity index (χ2n) is 6.44. The Bertz CT molecular complexity index is 1330. The first-order valence-corrected chi connectivity index (χ1v) is 10.5. The van der Waals surface area contributed by atoms with Crippen LogP contribution in [0.3, 0.4) is 0 Å². The van der Waals surface area contributed by atoms with Crippen molar-refractivity contribution in [3.05, 3.63) is 69.2 Å². The number of furan rings is 1. The normalized spacial score (nSPS) is 10.9. The molecule has 0 radical (unpaired) electrons. The predicted octanol–water partition coefficient (Wildman–Crippen LogP) is 4.19. The third kappa shape index (κ3) is 4.23. The summed E-state index contributed by atoms with van der Waals surface area (Å²) in [5, 5.41) is 5.41. The number of amides is 1. The van der Waals surface area contributed by atoms with Crippen molar-refractivity contribution in [2.24, 2.45) is 0 Å². The molecule has 1 aromatic carbocycles. The highest BCUT2D eigenvalue weighted by Crippen LogP contribution is 2.36. The van der Waals surface area contributed by atoms with Gasteiger partial charge in [-0.25, -0.2) is 9.78 Å². The Labute approximate surface area is 185 Å². The lowest BCUT2D eigenvalue weighted by Gasteiger charge is -2.09. The molecule has 8 nitrogen and oxygen atoms in total. The quantitative estimate of drug-likeness (QED) is 0.435. The van der Waals surface area contributed by atoms with Gasteiger partial charge in [-0.1, -0.05) is 11.6 Å². The van der Waals surface area contributed by atoms with Gasteiger partial charge in [0, 0.05) is 16.0 Å². The van der Waals surface area contributed by atoms with Crippen LogP contribution in [-0.4, -0.2) is 28.0 Å². The first-order chi connectivity index (χ1) is 15.0. The molecule has 3 heterocycles. The van der Waals surface area contributed by atoms with Gasteiger partial charge in [0.05, 0.1) is 30.1 Å². The molecule has 158 valence electrons. The van der Waals surface area contributed by atoms with Crippen molar-refractivity contribution < 1.29 is 18.7 Å². The lowest BCUT2D eigenvalue weighted by atomic mass is 10.1. The van der Waals surface area contributed by atoms with Crippen molar-refractivity contribution in [2.75, 3.05) is 11.9 Å². The van der Waals surface area contributed by atoms with Gasteiger partial charge >= 0.3 is 5.97 Å². The van der Waals surface area contributed by atoms with Crippen LogP contribution in [0, 0.1) is 0 Å². The van der Waals surface area contributed by atoms with Crippen LogP contribution in [0.2, 0.25) is 5.02 Å². The molecule has 0 atom stereocenters. The minimum atomic E-state index is -0.579. The van der Waals surface area contributed by atoms with Gasteiger partial charge in [0.15, 0.2) is 0 Å². The van der Waals surface area contributed by atoms with E-state index >= 15 is 0 Å². The smallest absolute Gasteiger partial charge is 0.341 e. The summed E-state index contributed by atoms with van der Waals surface area (Å²) < 4.78 is 11.7. The lowest BCUT2D eigenvalue weighted by molar-refractivity contribution is -0.116. The number of carbonyl (C=O) groups is 2. The number of halogens is 1. The average Bonchev–Trinajstić information content (AvgIpc) is 3.40. The molecule has 1 amide bonds. The van der Waals surface area contributed by atoms with Gasteiger partial charge in [-0.15, -0.1) is 11.3 Å². The Kier molecular flexibility index (Phi) is 5.88. The number of hydrogen-bond donors (Lipinski definition) is 1. The number of nitrogens with zero attached hydrogens (tertiary/aromatic N) is 2. The number of hydrogen-bond acceptors (Lipinski definition) is 7. The highest BCUT2D eigenvalue weighted by molar-refractivity contribution is 7.15. The number of rotatable bonds is 6. The summed E-state index contributed by atoms with van der Waals surface area (Å²) in [6, 6.07) is 8.19. The number of thiophene rings is 1. The van der Waals surface area contributed by atoms with Crippen LogP contribution in [0.4, 0.5) is 5.00 Å². The Morgan fingerprint density at radius 2 is 2.16 bits per heavy atom. The van der Waals surface area contributed by atoms with Crippen molar-refractivity contribution in [2.45, 2.75) is 13.5 Å². The number of carbonyl (C=O) groups excluding carboxylic acids is 2. The number of fused-ring (bicyclic) bond motifs is 1. The molecule has 10 heteroatoms. The van der Waals surface area contributed by atoms with Crippen molar-refractivity contribution in [1.29, 1.82) is 0 Å². The third-order valence-electron chi connectivity index (χ3n) is 4.41. The first-order valence-electron chi connectivity index (χ1n) is 9.25. The fourth-order valence-corrected chi connectivity index (χ4v) is 4.16. The Hall–Kier alpha value is -3.43. The number of ether oxygens (including phenoxy) is 1. The zero-order valence-electron chi connectivity index (χ0n) is 16.3. The minimum absolute atomic E-state index is 0.181. The largest absolute Gasteiger partial charge is 0.464 e. The molecule has 0 aliphatic rings. The number of esters is 1. The Balaban J connectivity index is 1.62. The molecular weight excluding hydrogens is 442 g/mol. The van der Waals surface area contributed by atoms with Gasteiger partial charge in [-0.3, -0.25) is 14.2 Å². The van der Waals surface area contributed by atoms with Crippen molar-refractivity contribution in [1.82, 2.24) is 9.55 Å². The maximum Gasteiger partial charge on any atom is 0.341 e. The van der Waals surface area contributed by atoms with Crippen molar-refractivity contribution in [3.63, 3.8) is 0 Å². The topological polar surface area (TPSA) is 103 Å². The molecule has 31 heavy (non-hydrogen) atoms. The Morgan fingerprint density at radius 3 is 2.90 bits per heavy atom. The number of nitrogens with one attached hydrogen (secondary N) is 1. The van der Waals surface area contributed by atoms with E-state index < -0.39 is 17.4 Å². The molecule has 1 N–H and O–H groups in total. The summed E-state index contributed by atoms with van der Waals surface area (Å²) in [7, 11) is 0. The zero-order valence-corrected chi connectivity index (χ0v) is 17.8. The fraction of sp³-hybridized carbons (Fsp3) is 0.143. The van der Waals surface area contributed by atoms with Gasteiger partial charge in [0.1, 0.15) is 22.9 Å². The predicted molar refractivity (Wildman–Crippen MR) is 118 cm³/mol. The molecule has 0 unspecified atom stereocenters. The second kappa shape index (κ2) is 8.75. The summed E-state index contributed by atoms with van der Waals surface area (Å²) in [6.45, 7) is 1.59. The molecule has 0 fully saturated rings. The van der Waals surface area contributed by atoms with E-state index in [0.29, 0.717) is 32.3 Å². The van der Waals surface area contributed by atoms with Crippen LogP contribution < -0.4 is 10.9 Å². The van der Waals surface area contributed by atoms with Crippen LogP contribution in [0.1, 0.15) is 17.3 Å². The van der Waals surface area contributed by atoms with Crippen molar-refractivity contribution in [3.8, 4) is 11.3 Å². The molecule has 0 bridgehead atoms. The van der Waals surface area contributed by atoms with E-state index in [-0.39, 0.29) is 18.7 Å². The molecule has 0 spiro atoms. The lowest BCUT2D eigenvalue weighted by Crippen LogP contribution is -2.28. The third-order valence-corrected chi connectivity index (χ3v) is 5.54. The monoisotopic (exact) mass is 457 g/mol. The van der Waals surface area contributed by atoms with Gasteiger partial charge < -0.3 is 14.5 Å². The number of benzene rings is 1. The molecule has 0 aliphatic heterocycles. The summed E-state index contributed by atoms with van der Waals surface area (Å²) in [4.78, 5) is 42.1. The molecule has 4 rings (SSSR count). The average molecular weight is 458 g/mol. The van der Waals surface area contributed by atoms with Crippen molar-refractivity contribution >= 4 is 50.7 Å². The fourth-order valence-electron chi connectivity index (χ4n) is 3.03. The molecule has 4 aromatic rings. The number of aromatic nitrogens is 2. The van der Waals surface area contributed by atoms with Crippen LogP contribution >= 0.6 is 22.9 Å². The second-order valence-corrected chi connectivity index (χ2v) is 7.75. The molecule has 0 saturated carbocycles. The SMILES string of the molecule is CCOC(=O)c1c(-c2ccco2)csc1NC(=O)Cn1cnc2ccc(Cl)cc2c1=O. The van der Waals surface area contributed by atoms with E-state index in [4.69, 9.17) is 20.8 Å². The zero-order chi connectivity index (χ0) is 22.0. The van der Waals surface area contributed by atoms with Gasteiger partial charge in [0.25, 0.3) is 5.56 Å².